The Hall–Kier alpha value is 0.799. The van der Waals surface area contributed by atoms with Crippen molar-refractivity contribution in [3.8, 4) is 0 Å². The minimum absolute atomic E-state index is 1.19. The fourth-order valence-electron chi connectivity index (χ4n) is 4.88. The topological polar surface area (TPSA) is 0 Å². The average Bonchev–Trinajstić information content (AvgIpc) is 2.50. The van der Waals surface area contributed by atoms with Crippen LogP contribution in [0.25, 0.3) is 0 Å². The summed E-state index contributed by atoms with van der Waals surface area (Å²) in [7, 11) is 0. The molecule has 2 saturated carbocycles. The first-order valence-electron chi connectivity index (χ1n) is 9.69. The first-order chi connectivity index (χ1) is 9.83. The van der Waals surface area contributed by atoms with Gasteiger partial charge in [0.25, 0.3) is 0 Å². The fraction of sp³-hybridized carbons (Fsp3) is 1.00. The molecule has 0 saturated heterocycles. The van der Waals surface area contributed by atoms with Crippen molar-refractivity contribution in [2.75, 3.05) is 0 Å². The van der Waals surface area contributed by atoms with Gasteiger partial charge in [0.1, 0.15) is 0 Å². The van der Waals surface area contributed by atoms with Gasteiger partial charge < -0.3 is 0 Å². The second-order valence-corrected chi connectivity index (χ2v) is 17.9. The summed E-state index contributed by atoms with van der Waals surface area (Å²) in [6.45, 7) is 5.04. The molecule has 1 unspecified atom stereocenters. The van der Waals surface area contributed by atoms with Crippen molar-refractivity contribution in [2.45, 2.75) is 116 Å². The van der Waals surface area contributed by atoms with E-state index in [0.29, 0.717) is 0 Å². The Morgan fingerprint density at radius 3 is 1.75 bits per heavy atom. The normalized spacial score (nSPS) is 24.1. The van der Waals surface area contributed by atoms with Gasteiger partial charge in [-0.25, -0.2) is 0 Å². The molecule has 0 spiro atoms. The molecule has 0 nitrogen and oxygen atoms in total. The van der Waals surface area contributed by atoms with E-state index in [0.717, 1.165) is 0 Å². The summed E-state index contributed by atoms with van der Waals surface area (Å²) in [6.07, 6.45) is 22.0. The maximum atomic E-state index is 2.69. The molecule has 117 valence electrons. The maximum absolute atomic E-state index is 2.69. The molecular formula is C19H37Sn. The summed E-state index contributed by atoms with van der Waals surface area (Å²) in [5.41, 5.74) is 0. The van der Waals surface area contributed by atoms with E-state index in [1.807, 2.05) is 0 Å². The Labute approximate surface area is 135 Å². The molecule has 2 rings (SSSR count). The Kier molecular flexibility index (Phi) is 8.36. The molecule has 0 aromatic rings. The molecule has 2 aliphatic carbocycles. The zero-order valence-corrected chi connectivity index (χ0v) is 17.0. The Morgan fingerprint density at radius 1 is 0.800 bits per heavy atom. The Bertz CT molecular complexity index is 220. The SMILES string of the molecule is CCCCC[CH](C)[Sn]([CH]1CCCCC1)[CH]1CCCCC1. The van der Waals surface area contributed by atoms with E-state index >= 15 is 0 Å². The van der Waals surface area contributed by atoms with Crippen LogP contribution in [0, 0.1) is 0 Å². The molecule has 1 radical (unpaired) electrons. The van der Waals surface area contributed by atoms with Gasteiger partial charge in [0.05, 0.1) is 0 Å². The molecule has 0 aromatic heterocycles. The predicted molar refractivity (Wildman–Crippen MR) is 93.0 cm³/mol. The molecule has 1 heteroatoms. The van der Waals surface area contributed by atoms with Crippen LogP contribution >= 0.6 is 0 Å². The predicted octanol–water partition coefficient (Wildman–Crippen LogP) is 7.12. The zero-order chi connectivity index (χ0) is 14.2. The zero-order valence-electron chi connectivity index (χ0n) is 14.1. The fourth-order valence-corrected chi connectivity index (χ4v) is 19.0. The van der Waals surface area contributed by atoms with Crippen LogP contribution in [0.5, 0.6) is 0 Å². The molecule has 2 fully saturated rings. The van der Waals surface area contributed by atoms with Crippen LogP contribution in [-0.2, 0) is 0 Å². The second-order valence-electron chi connectivity index (χ2n) is 7.57. The van der Waals surface area contributed by atoms with Crippen LogP contribution in [0.4, 0.5) is 0 Å². The van der Waals surface area contributed by atoms with Gasteiger partial charge in [-0.2, -0.15) is 0 Å². The van der Waals surface area contributed by atoms with E-state index in [2.05, 4.69) is 13.8 Å². The summed E-state index contributed by atoms with van der Waals surface area (Å²) in [5, 5.41) is 0. The van der Waals surface area contributed by atoms with Crippen molar-refractivity contribution in [3.05, 3.63) is 0 Å². The molecule has 0 N–H and O–H groups in total. The molecule has 1 atom stereocenters. The molecule has 0 heterocycles. The summed E-state index contributed by atoms with van der Waals surface area (Å²) in [5.74, 6) is 0. The van der Waals surface area contributed by atoms with Gasteiger partial charge in [0.15, 0.2) is 0 Å². The van der Waals surface area contributed by atoms with Gasteiger partial charge in [-0.05, 0) is 0 Å². The van der Waals surface area contributed by atoms with Crippen molar-refractivity contribution in [1.82, 2.24) is 0 Å². The van der Waals surface area contributed by atoms with Crippen molar-refractivity contribution < 1.29 is 0 Å². The summed E-state index contributed by atoms with van der Waals surface area (Å²) < 4.78 is 3.76. The van der Waals surface area contributed by atoms with Crippen molar-refractivity contribution in [2.24, 2.45) is 0 Å². The van der Waals surface area contributed by atoms with E-state index in [1.54, 1.807) is 70.6 Å². The molecule has 0 aliphatic heterocycles. The summed E-state index contributed by atoms with van der Waals surface area (Å²) in [6, 6.07) is 0. The van der Waals surface area contributed by atoms with Gasteiger partial charge in [-0.1, -0.05) is 0 Å². The standard InChI is InChI=1S/C7H15.2C6H11.Sn/c1-3-5-7-6-4-2;2*1-2-4-6-5-3-1;/h3H,4-7H2,1-2H3;2*1H,2-6H2;. The van der Waals surface area contributed by atoms with Crippen LogP contribution in [0.1, 0.15) is 104 Å². The van der Waals surface area contributed by atoms with Crippen LogP contribution in [0.15, 0.2) is 0 Å². The molecule has 0 amide bonds. The first-order valence-corrected chi connectivity index (χ1v) is 14.6. The monoisotopic (exact) mass is 385 g/mol. The van der Waals surface area contributed by atoms with Gasteiger partial charge in [-0.15, -0.1) is 0 Å². The van der Waals surface area contributed by atoms with Crippen molar-refractivity contribution in [3.63, 3.8) is 0 Å². The summed E-state index contributed by atoms with van der Waals surface area (Å²) in [4.78, 5) is 0. The van der Waals surface area contributed by atoms with Gasteiger partial charge in [0.2, 0.25) is 0 Å². The summed E-state index contributed by atoms with van der Waals surface area (Å²) >= 11 is -1.20. The first kappa shape index (κ1) is 17.2. The van der Waals surface area contributed by atoms with Crippen LogP contribution in [-0.4, -0.2) is 19.8 Å². The third-order valence-electron chi connectivity index (χ3n) is 5.96. The third-order valence-corrected chi connectivity index (χ3v) is 18.7. The quantitative estimate of drug-likeness (QED) is 0.324. The number of rotatable bonds is 7. The average molecular weight is 384 g/mol. The third kappa shape index (κ3) is 5.21. The Morgan fingerprint density at radius 2 is 1.30 bits per heavy atom. The van der Waals surface area contributed by atoms with E-state index in [4.69, 9.17) is 0 Å². The molecule has 0 aromatic carbocycles. The van der Waals surface area contributed by atoms with Crippen LogP contribution in [0.3, 0.4) is 0 Å². The van der Waals surface area contributed by atoms with Crippen molar-refractivity contribution in [1.29, 1.82) is 0 Å². The molecule has 0 bridgehead atoms. The van der Waals surface area contributed by atoms with E-state index in [9.17, 15) is 0 Å². The number of unbranched alkanes of at least 4 members (excludes halogenated alkanes) is 2. The van der Waals surface area contributed by atoms with E-state index in [1.165, 1.54) is 31.1 Å². The number of hydrogen-bond donors (Lipinski definition) is 0. The second kappa shape index (κ2) is 9.74. The van der Waals surface area contributed by atoms with Gasteiger partial charge in [-0.3, -0.25) is 0 Å². The minimum atomic E-state index is -1.20. The van der Waals surface area contributed by atoms with Crippen LogP contribution in [0.2, 0.25) is 11.8 Å². The Balaban J connectivity index is 1.93. The number of hydrogen-bond acceptors (Lipinski definition) is 0. The van der Waals surface area contributed by atoms with E-state index in [-0.39, 0.29) is 0 Å². The van der Waals surface area contributed by atoms with Crippen LogP contribution < -0.4 is 0 Å². The van der Waals surface area contributed by atoms with Crippen molar-refractivity contribution >= 4 is 19.8 Å². The molecule has 2 aliphatic rings. The molecular weight excluding hydrogens is 347 g/mol. The molecule has 20 heavy (non-hydrogen) atoms. The van der Waals surface area contributed by atoms with Gasteiger partial charge >= 0.3 is 135 Å². The van der Waals surface area contributed by atoms with E-state index < -0.39 is 19.8 Å². The van der Waals surface area contributed by atoms with Gasteiger partial charge in [0, 0.05) is 0 Å².